The molecule has 0 unspecified atom stereocenters. The number of benzene rings is 3. The van der Waals surface area contributed by atoms with Crippen molar-refractivity contribution in [3.05, 3.63) is 113 Å². The Kier molecular flexibility index (Phi) is 11.8. The fourth-order valence-electron chi connectivity index (χ4n) is 5.40. The molecule has 1 aliphatic rings. The highest BCUT2D eigenvalue weighted by Crippen LogP contribution is 2.35. The molecule has 10 nitrogen and oxygen atoms in total. The Hall–Kier alpha value is -5.21. The zero-order chi connectivity index (χ0) is 36.6. The molecule has 0 fully saturated rings. The maximum absolute atomic E-state index is 13.6. The number of nitrogens with zero attached hydrogens (tertiary/aromatic N) is 2. The Morgan fingerprint density at radius 2 is 1.67 bits per heavy atom. The van der Waals surface area contributed by atoms with E-state index in [2.05, 4.69) is 12.2 Å². The summed E-state index contributed by atoms with van der Waals surface area (Å²) < 4.78 is 78.0. The Balaban J connectivity index is 1.34. The second-order valence-electron chi connectivity index (χ2n) is 11.8. The number of hydrogen-bond donors (Lipinski definition) is 1. The number of alkyl halides is 3. The number of unbranched alkanes of at least 4 members (excludes halogenated alkanes) is 1. The third kappa shape index (κ3) is 9.52. The fourth-order valence-corrected chi connectivity index (χ4v) is 6.80. The van der Waals surface area contributed by atoms with Crippen LogP contribution in [0.15, 0.2) is 102 Å². The quantitative estimate of drug-likeness (QED) is 0.0951. The molecule has 268 valence electrons. The van der Waals surface area contributed by atoms with Gasteiger partial charge in [-0.25, -0.2) is 8.42 Å². The van der Waals surface area contributed by atoms with Gasteiger partial charge in [0.1, 0.15) is 12.4 Å². The van der Waals surface area contributed by atoms with Gasteiger partial charge in [0, 0.05) is 36.5 Å². The third-order valence-electron chi connectivity index (χ3n) is 8.03. The van der Waals surface area contributed by atoms with Crippen LogP contribution in [-0.4, -0.2) is 52.8 Å². The molecule has 3 aromatic carbocycles. The number of hydrogen-bond acceptors (Lipinski definition) is 7. The van der Waals surface area contributed by atoms with Gasteiger partial charge in [-0.15, -0.1) is 0 Å². The highest BCUT2D eigenvalue weighted by molar-refractivity contribution is 7.90. The average Bonchev–Trinajstić information content (AvgIpc) is 3.29. The van der Waals surface area contributed by atoms with Crippen molar-refractivity contribution in [2.24, 2.45) is 0 Å². The van der Waals surface area contributed by atoms with Crippen molar-refractivity contribution in [3.63, 3.8) is 0 Å². The second kappa shape index (κ2) is 16.2. The molecule has 0 radical (unpaired) electrons. The summed E-state index contributed by atoms with van der Waals surface area (Å²) in [6, 6.07) is 21.8. The summed E-state index contributed by atoms with van der Waals surface area (Å²) in [5.41, 5.74) is 2.43. The van der Waals surface area contributed by atoms with Crippen LogP contribution in [0, 0.1) is 5.21 Å². The van der Waals surface area contributed by atoms with Crippen LogP contribution in [-0.2, 0) is 29.9 Å². The van der Waals surface area contributed by atoms with E-state index in [9.17, 15) is 36.4 Å². The van der Waals surface area contributed by atoms with Crippen molar-refractivity contribution >= 4 is 39.1 Å². The smallest absolute Gasteiger partial charge is 0.471 e. The molecule has 0 bridgehead atoms. The number of carbonyl (C=O) groups excluding carboxylic acids is 2. The highest BCUT2D eigenvalue weighted by Gasteiger charge is 2.44. The fraction of sp³-hybridized carbons (Fsp3) is 0.270. The maximum Gasteiger partial charge on any atom is 0.471 e. The van der Waals surface area contributed by atoms with Gasteiger partial charge in [-0.3, -0.25) is 9.59 Å². The summed E-state index contributed by atoms with van der Waals surface area (Å²) in [5.74, 6) is -2.49. The summed E-state index contributed by atoms with van der Waals surface area (Å²) in [5, 5.41) is 14.3. The molecular formula is C37H36F3N3O7S. The average molecular weight is 724 g/mol. The van der Waals surface area contributed by atoms with Gasteiger partial charge in [-0.1, -0.05) is 43.7 Å². The number of sulfone groups is 1. The summed E-state index contributed by atoms with van der Waals surface area (Å²) in [6.07, 6.45) is -0.735. The molecule has 14 heteroatoms. The van der Waals surface area contributed by atoms with E-state index in [-0.39, 0.29) is 28.0 Å². The second-order valence-corrected chi connectivity index (χ2v) is 13.7. The van der Waals surface area contributed by atoms with Crippen molar-refractivity contribution in [2.45, 2.75) is 43.1 Å². The first kappa shape index (κ1) is 37.1. The summed E-state index contributed by atoms with van der Waals surface area (Å²) in [7, 11) is -3.96. The minimum atomic E-state index is -5.14. The monoisotopic (exact) mass is 723 g/mol. The predicted molar refractivity (Wildman–Crippen MR) is 185 cm³/mol. The van der Waals surface area contributed by atoms with Gasteiger partial charge >= 0.3 is 17.1 Å². The molecule has 2 heterocycles. The van der Waals surface area contributed by atoms with Gasteiger partial charge in [0.05, 0.1) is 18.0 Å². The number of rotatable bonds is 13. The van der Waals surface area contributed by atoms with Crippen molar-refractivity contribution in [2.75, 3.05) is 36.6 Å². The predicted octanol–water partition coefficient (Wildman–Crippen LogP) is 6.48. The summed E-state index contributed by atoms with van der Waals surface area (Å²) in [6.45, 7) is 3.19. The van der Waals surface area contributed by atoms with Crippen LogP contribution in [0.5, 0.6) is 5.75 Å². The van der Waals surface area contributed by atoms with E-state index < -0.39 is 45.2 Å². The SMILES string of the molecule is CCCCOCCOc1ccc(-c2ccc3c(c2)C=C(C(=O)Nc2ccc(CS(=O)(=O)c4cccc[n+]4[O-])cc2)CCN3C(=O)C(F)(F)F)cc1. The van der Waals surface area contributed by atoms with Crippen molar-refractivity contribution in [1.82, 2.24) is 0 Å². The molecular weight excluding hydrogens is 687 g/mol. The van der Waals surface area contributed by atoms with Crippen molar-refractivity contribution < 1.29 is 45.4 Å². The highest BCUT2D eigenvalue weighted by atomic mass is 32.2. The lowest BCUT2D eigenvalue weighted by atomic mass is 10.00. The molecule has 51 heavy (non-hydrogen) atoms. The molecule has 2 amide bonds. The number of aromatic nitrogens is 1. The minimum Gasteiger partial charge on any atom is -0.618 e. The normalized spacial score (nSPS) is 13.2. The maximum atomic E-state index is 13.6. The first-order valence-electron chi connectivity index (χ1n) is 16.2. The van der Waals surface area contributed by atoms with Gasteiger partial charge in [0.15, 0.2) is 6.20 Å². The molecule has 0 spiro atoms. The van der Waals surface area contributed by atoms with E-state index in [0.29, 0.717) is 47.3 Å². The first-order chi connectivity index (χ1) is 24.4. The van der Waals surface area contributed by atoms with E-state index in [1.807, 2.05) is 0 Å². The molecule has 0 aliphatic carbocycles. The number of fused-ring (bicyclic) bond motifs is 1. The zero-order valence-electron chi connectivity index (χ0n) is 27.7. The largest absolute Gasteiger partial charge is 0.618 e. The van der Waals surface area contributed by atoms with Gasteiger partial charge < -0.3 is 24.9 Å². The minimum absolute atomic E-state index is 0.00952. The number of pyridine rings is 1. The van der Waals surface area contributed by atoms with Crippen LogP contribution in [0.4, 0.5) is 24.5 Å². The Morgan fingerprint density at radius 1 is 0.941 bits per heavy atom. The Labute approximate surface area is 293 Å². The number of ether oxygens (including phenoxy) is 2. The number of amides is 2. The van der Waals surface area contributed by atoms with Crippen LogP contribution in [0.3, 0.4) is 0 Å². The van der Waals surface area contributed by atoms with Crippen LogP contribution in [0.1, 0.15) is 37.3 Å². The van der Waals surface area contributed by atoms with Gasteiger partial charge in [0.2, 0.25) is 9.84 Å². The summed E-state index contributed by atoms with van der Waals surface area (Å²) >= 11 is 0. The molecule has 1 N–H and O–H groups in total. The van der Waals surface area contributed by atoms with E-state index in [0.717, 1.165) is 24.6 Å². The Morgan fingerprint density at radius 3 is 2.35 bits per heavy atom. The number of halogens is 3. The Bertz CT molecular complexity index is 2000. The molecule has 0 atom stereocenters. The molecule has 1 aliphatic heterocycles. The van der Waals surface area contributed by atoms with Gasteiger partial charge in [-0.05, 0) is 83.6 Å². The summed E-state index contributed by atoms with van der Waals surface area (Å²) in [4.78, 5) is 26.5. The van der Waals surface area contributed by atoms with Crippen LogP contribution >= 0.6 is 0 Å². The molecule has 0 saturated heterocycles. The van der Waals surface area contributed by atoms with E-state index in [1.54, 1.807) is 36.4 Å². The van der Waals surface area contributed by atoms with Crippen LogP contribution < -0.4 is 19.7 Å². The number of nitrogens with one attached hydrogen (secondary N) is 1. The number of anilines is 2. The lowest BCUT2D eigenvalue weighted by Crippen LogP contribution is -2.42. The lowest BCUT2D eigenvalue weighted by Gasteiger charge is -2.24. The van der Waals surface area contributed by atoms with E-state index in [4.69, 9.17) is 9.47 Å². The first-order valence-corrected chi connectivity index (χ1v) is 17.9. The molecule has 5 rings (SSSR count). The van der Waals surface area contributed by atoms with Gasteiger partial charge in [0.25, 0.3) is 5.91 Å². The van der Waals surface area contributed by atoms with Crippen molar-refractivity contribution in [3.8, 4) is 16.9 Å². The van der Waals surface area contributed by atoms with E-state index >= 15 is 0 Å². The lowest BCUT2D eigenvalue weighted by molar-refractivity contribution is -0.646. The van der Waals surface area contributed by atoms with E-state index in [1.165, 1.54) is 54.6 Å². The van der Waals surface area contributed by atoms with Gasteiger partial charge in [-0.2, -0.15) is 17.9 Å². The van der Waals surface area contributed by atoms with Crippen LogP contribution in [0.2, 0.25) is 0 Å². The molecule has 4 aromatic rings. The molecule has 0 saturated carbocycles. The number of carbonyl (C=O) groups is 2. The van der Waals surface area contributed by atoms with Crippen LogP contribution in [0.25, 0.3) is 17.2 Å². The van der Waals surface area contributed by atoms with Crippen molar-refractivity contribution in [1.29, 1.82) is 0 Å². The third-order valence-corrected chi connectivity index (χ3v) is 9.70. The zero-order valence-corrected chi connectivity index (χ0v) is 28.5. The topological polar surface area (TPSA) is 129 Å². The molecule has 1 aromatic heterocycles. The standard InChI is InChI=1S/C37H36F3N3O7S/c1-2-3-20-49-21-22-50-32-14-9-27(10-15-32)28-11-16-33-30(23-28)24-29(17-19-42(33)36(45)37(38,39)40)35(44)41-31-12-7-26(8-13-31)25-51(47,48)34-6-4-5-18-43(34)46/h4-16,18,23-24H,2-3,17,19-22,25H2,1H3,(H,41,44).